The third kappa shape index (κ3) is 4.74. The van der Waals surface area contributed by atoms with Gasteiger partial charge < -0.3 is 14.6 Å². The second-order valence-electron chi connectivity index (χ2n) is 7.90. The lowest BCUT2D eigenvalue weighted by Crippen LogP contribution is -2.52. The Morgan fingerprint density at radius 1 is 1.11 bits per heavy atom. The van der Waals surface area contributed by atoms with Crippen LogP contribution >= 0.6 is 12.2 Å². The normalized spacial score (nSPS) is 16.2. The summed E-state index contributed by atoms with van der Waals surface area (Å²) in [5.41, 5.74) is 1.11. The quantitative estimate of drug-likeness (QED) is 0.766. The molecule has 1 aliphatic rings. The lowest BCUT2D eigenvalue weighted by Gasteiger charge is -2.35. The summed E-state index contributed by atoms with van der Waals surface area (Å²) < 4.78 is 32.7. The average Bonchev–Trinajstić information content (AvgIpc) is 3.19. The number of piperazine rings is 1. The highest BCUT2D eigenvalue weighted by molar-refractivity contribution is 7.89. The number of furan rings is 1. The van der Waals surface area contributed by atoms with E-state index in [0.29, 0.717) is 42.7 Å². The van der Waals surface area contributed by atoms with Crippen molar-refractivity contribution in [1.29, 1.82) is 0 Å². The molecule has 0 saturated carbocycles. The van der Waals surface area contributed by atoms with E-state index in [-0.39, 0.29) is 5.41 Å². The Morgan fingerprint density at radius 3 is 2.29 bits per heavy atom. The van der Waals surface area contributed by atoms with Crippen LogP contribution in [0.25, 0.3) is 0 Å². The summed E-state index contributed by atoms with van der Waals surface area (Å²) in [5.74, 6) is 0.808. The van der Waals surface area contributed by atoms with Crippen molar-refractivity contribution in [3.8, 4) is 0 Å². The van der Waals surface area contributed by atoms with Gasteiger partial charge in [-0.15, -0.1) is 0 Å². The molecular weight excluding hydrogens is 394 g/mol. The molecule has 1 aromatic carbocycles. The molecule has 1 aromatic heterocycles. The molecule has 0 spiro atoms. The highest BCUT2D eigenvalue weighted by Gasteiger charge is 2.29. The van der Waals surface area contributed by atoms with Crippen LogP contribution in [0.3, 0.4) is 0 Å². The molecule has 1 N–H and O–H groups in total. The third-order valence-corrected chi connectivity index (χ3v) is 7.19. The van der Waals surface area contributed by atoms with Crippen molar-refractivity contribution in [1.82, 2.24) is 14.5 Å². The summed E-state index contributed by atoms with van der Waals surface area (Å²) in [5, 5.41) is 3.77. The maximum atomic E-state index is 13.0. The highest BCUT2D eigenvalue weighted by atomic mass is 32.2. The molecule has 0 unspecified atom stereocenters. The maximum absolute atomic E-state index is 13.0. The van der Waals surface area contributed by atoms with Gasteiger partial charge in [-0.25, -0.2) is 8.42 Å². The topological polar surface area (TPSA) is 65.8 Å². The van der Waals surface area contributed by atoms with Gasteiger partial charge in [0.1, 0.15) is 5.76 Å². The summed E-state index contributed by atoms with van der Waals surface area (Å²) >= 11 is 5.43. The standard InChI is InChI=1S/C20H27N3O3S2/c1-20(2,3)16-6-8-18(9-7-16)28(24,25)23-12-10-22(11-13-23)19(27)21-15-17-5-4-14-26-17/h4-9,14H,10-13,15H2,1-3H3,(H,21,27). The Morgan fingerprint density at radius 2 is 1.75 bits per heavy atom. The lowest BCUT2D eigenvalue weighted by molar-refractivity contribution is 0.263. The number of nitrogens with one attached hydrogen (secondary N) is 1. The van der Waals surface area contributed by atoms with Gasteiger partial charge in [0.15, 0.2) is 5.11 Å². The zero-order valence-electron chi connectivity index (χ0n) is 16.5. The van der Waals surface area contributed by atoms with Crippen LogP contribution < -0.4 is 5.32 Å². The zero-order valence-corrected chi connectivity index (χ0v) is 18.1. The van der Waals surface area contributed by atoms with Crippen molar-refractivity contribution >= 4 is 27.4 Å². The Bertz CT molecular complexity index is 893. The molecule has 28 heavy (non-hydrogen) atoms. The fourth-order valence-corrected chi connectivity index (χ4v) is 4.77. The van der Waals surface area contributed by atoms with Gasteiger partial charge in [-0.1, -0.05) is 32.9 Å². The van der Waals surface area contributed by atoms with Gasteiger partial charge in [0.25, 0.3) is 0 Å². The molecule has 3 rings (SSSR count). The van der Waals surface area contributed by atoms with Crippen molar-refractivity contribution in [2.75, 3.05) is 26.2 Å². The molecule has 0 atom stereocenters. The van der Waals surface area contributed by atoms with E-state index in [9.17, 15) is 8.42 Å². The van der Waals surface area contributed by atoms with Crippen LogP contribution in [0.2, 0.25) is 0 Å². The summed E-state index contributed by atoms with van der Waals surface area (Å²) in [4.78, 5) is 2.33. The minimum atomic E-state index is -3.49. The molecule has 0 bridgehead atoms. The van der Waals surface area contributed by atoms with E-state index >= 15 is 0 Å². The van der Waals surface area contributed by atoms with Gasteiger partial charge >= 0.3 is 0 Å². The van der Waals surface area contributed by atoms with Gasteiger partial charge in [-0.3, -0.25) is 0 Å². The van der Waals surface area contributed by atoms with E-state index in [1.54, 1.807) is 18.4 Å². The van der Waals surface area contributed by atoms with Gasteiger partial charge in [-0.05, 0) is 47.5 Å². The molecule has 1 saturated heterocycles. The number of benzene rings is 1. The number of hydrogen-bond acceptors (Lipinski definition) is 4. The molecule has 8 heteroatoms. The van der Waals surface area contributed by atoms with Crippen molar-refractivity contribution in [2.24, 2.45) is 0 Å². The summed E-state index contributed by atoms with van der Waals surface area (Å²) in [6.45, 7) is 8.78. The van der Waals surface area contributed by atoms with Crippen LogP contribution in [0.1, 0.15) is 32.1 Å². The molecule has 152 valence electrons. The Labute approximate surface area is 172 Å². The minimum absolute atomic E-state index is 0.00768. The second kappa shape index (κ2) is 8.23. The lowest BCUT2D eigenvalue weighted by atomic mass is 9.87. The van der Waals surface area contributed by atoms with Crippen molar-refractivity contribution in [3.63, 3.8) is 0 Å². The zero-order chi connectivity index (χ0) is 20.4. The van der Waals surface area contributed by atoms with Crippen LogP contribution in [0.15, 0.2) is 52.0 Å². The summed E-state index contributed by atoms with van der Waals surface area (Å²) in [6.07, 6.45) is 1.62. The second-order valence-corrected chi connectivity index (χ2v) is 10.2. The van der Waals surface area contributed by atoms with Gasteiger partial charge in [-0.2, -0.15) is 4.31 Å². The van der Waals surface area contributed by atoms with Gasteiger partial charge in [0.05, 0.1) is 17.7 Å². The number of hydrogen-bond donors (Lipinski definition) is 1. The van der Waals surface area contributed by atoms with E-state index in [1.165, 1.54) is 4.31 Å². The van der Waals surface area contributed by atoms with E-state index in [0.717, 1.165) is 11.3 Å². The molecule has 0 amide bonds. The first kappa shape index (κ1) is 20.8. The first-order chi connectivity index (χ1) is 13.2. The number of nitrogens with zero attached hydrogens (tertiary/aromatic N) is 2. The molecule has 0 radical (unpaired) electrons. The minimum Gasteiger partial charge on any atom is -0.467 e. The number of sulfonamides is 1. The fourth-order valence-electron chi connectivity index (χ4n) is 3.10. The molecule has 2 aromatic rings. The van der Waals surface area contributed by atoms with Gasteiger partial charge in [0.2, 0.25) is 10.0 Å². The molecule has 1 aliphatic heterocycles. The van der Waals surface area contributed by atoms with Crippen LogP contribution in [0, 0.1) is 0 Å². The van der Waals surface area contributed by atoms with E-state index in [1.807, 2.05) is 29.2 Å². The van der Waals surface area contributed by atoms with Gasteiger partial charge in [0, 0.05) is 26.2 Å². The monoisotopic (exact) mass is 421 g/mol. The molecule has 6 nitrogen and oxygen atoms in total. The van der Waals surface area contributed by atoms with Crippen LogP contribution in [-0.2, 0) is 22.0 Å². The first-order valence-corrected chi connectivity index (χ1v) is 11.2. The van der Waals surface area contributed by atoms with Crippen LogP contribution in [0.4, 0.5) is 0 Å². The SMILES string of the molecule is CC(C)(C)c1ccc(S(=O)(=O)N2CCN(C(=S)NCc3ccco3)CC2)cc1. The molecule has 0 aliphatic carbocycles. The number of thiocarbonyl (C=S) groups is 1. The maximum Gasteiger partial charge on any atom is 0.243 e. The average molecular weight is 422 g/mol. The Kier molecular flexibility index (Phi) is 6.12. The Hall–Kier alpha value is -1.90. The predicted molar refractivity (Wildman–Crippen MR) is 114 cm³/mol. The fraction of sp³-hybridized carbons (Fsp3) is 0.450. The first-order valence-electron chi connectivity index (χ1n) is 9.34. The smallest absolute Gasteiger partial charge is 0.243 e. The summed E-state index contributed by atoms with van der Waals surface area (Å²) in [7, 11) is -3.49. The van der Waals surface area contributed by atoms with Crippen LogP contribution in [0.5, 0.6) is 0 Å². The van der Waals surface area contributed by atoms with Crippen molar-refractivity contribution < 1.29 is 12.8 Å². The third-order valence-electron chi connectivity index (χ3n) is 4.88. The Balaban J connectivity index is 1.58. The molecule has 2 heterocycles. The van der Waals surface area contributed by atoms with Crippen molar-refractivity contribution in [2.45, 2.75) is 37.6 Å². The summed E-state index contributed by atoms with van der Waals surface area (Å²) in [6, 6.07) is 10.9. The van der Waals surface area contributed by atoms with Crippen LogP contribution in [-0.4, -0.2) is 48.9 Å². The predicted octanol–water partition coefficient (Wildman–Crippen LogP) is 2.96. The molecular formula is C20H27N3O3S2. The van der Waals surface area contributed by atoms with E-state index < -0.39 is 10.0 Å². The number of rotatable bonds is 4. The van der Waals surface area contributed by atoms with E-state index in [4.69, 9.17) is 16.6 Å². The highest BCUT2D eigenvalue weighted by Crippen LogP contribution is 2.25. The van der Waals surface area contributed by atoms with E-state index in [2.05, 4.69) is 26.1 Å². The van der Waals surface area contributed by atoms with Crippen molar-refractivity contribution in [3.05, 3.63) is 54.0 Å². The molecule has 1 fully saturated rings. The largest absolute Gasteiger partial charge is 0.467 e.